The smallest absolute Gasteiger partial charge is 0.330 e. The second-order valence-electron chi connectivity index (χ2n) is 7.73. The molecule has 1 N–H and O–H groups in total. The van der Waals surface area contributed by atoms with E-state index in [-0.39, 0.29) is 5.97 Å². The summed E-state index contributed by atoms with van der Waals surface area (Å²) >= 11 is 0. The monoisotopic (exact) mass is 414 g/mol. The van der Waals surface area contributed by atoms with E-state index in [0.29, 0.717) is 6.61 Å². The number of benzene rings is 1. The Hall–Kier alpha value is -2.36. The number of ether oxygens (including phenoxy) is 1. The standard InChI is InChI=1S/C26H38O4/c1-2-3-4-5-6-7-8-9-10-11-12-13-22-30-26(29)21-19-24-16-14-23(15-17-24)18-20-25(27)28/h14-21H,2-13,22H2,1H3,(H,27,28)/b20-18+,21-19+. The van der Waals surface area contributed by atoms with Crippen LogP contribution < -0.4 is 0 Å². The highest BCUT2D eigenvalue weighted by Gasteiger charge is 1.98. The van der Waals surface area contributed by atoms with E-state index in [1.54, 1.807) is 18.2 Å². The number of esters is 1. The Labute approximate surface area is 182 Å². The molecule has 0 aliphatic rings. The predicted octanol–water partition coefficient (Wildman–Crippen LogP) is 7.04. The molecular formula is C26H38O4. The third-order valence-electron chi connectivity index (χ3n) is 5.01. The molecule has 1 rings (SSSR count). The van der Waals surface area contributed by atoms with E-state index in [2.05, 4.69) is 6.92 Å². The maximum atomic E-state index is 11.8. The van der Waals surface area contributed by atoms with Gasteiger partial charge in [0, 0.05) is 12.2 Å². The first kappa shape index (κ1) is 25.7. The zero-order valence-corrected chi connectivity index (χ0v) is 18.5. The largest absolute Gasteiger partial charge is 0.478 e. The summed E-state index contributed by atoms with van der Waals surface area (Å²) in [6, 6.07) is 7.26. The molecule has 0 spiro atoms. The summed E-state index contributed by atoms with van der Waals surface area (Å²) in [5, 5.41) is 8.62. The Bertz CT molecular complexity index is 644. The first-order valence-corrected chi connectivity index (χ1v) is 11.5. The molecule has 0 saturated carbocycles. The van der Waals surface area contributed by atoms with Crippen molar-refractivity contribution >= 4 is 24.1 Å². The summed E-state index contributed by atoms with van der Waals surface area (Å²) in [7, 11) is 0. The van der Waals surface area contributed by atoms with Crippen LogP contribution in [0, 0.1) is 0 Å². The van der Waals surface area contributed by atoms with Crippen LogP contribution in [0.15, 0.2) is 36.4 Å². The maximum Gasteiger partial charge on any atom is 0.330 e. The molecule has 0 amide bonds. The molecule has 0 radical (unpaired) electrons. The van der Waals surface area contributed by atoms with Gasteiger partial charge in [0.1, 0.15) is 0 Å². The van der Waals surface area contributed by atoms with Gasteiger partial charge in [0.05, 0.1) is 6.61 Å². The number of carbonyl (C=O) groups is 2. The molecule has 0 aliphatic heterocycles. The zero-order chi connectivity index (χ0) is 21.9. The van der Waals surface area contributed by atoms with Crippen LogP contribution in [0.25, 0.3) is 12.2 Å². The number of carboxylic acids is 1. The molecule has 1 aromatic rings. The maximum absolute atomic E-state index is 11.8. The first-order chi connectivity index (χ1) is 14.6. The lowest BCUT2D eigenvalue weighted by Gasteiger charge is -2.03. The third-order valence-corrected chi connectivity index (χ3v) is 5.01. The highest BCUT2D eigenvalue weighted by Crippen LogP contribution is 2.12. The van der Waals surface area contributed by atoms with Crippen LogP contribution in [-0.4, -0.2) is 23.7 Å². The molecule has 166 valence electrons. The van der Waals surface area contributed by atoms with Crippen LogP contribution >= 0.6 is 0 Å². The van der Waals surface area contributed by atoms with Gasteiger partial charge in [-0.2, -0.15) is 0 Å². The Morgan fingerprint density at radius 3 is 1.63 bits per heavy atom. The summed E-state index contributed by atoms with van der Waals surface area (Å²) in [6.07, 6.45) is 21.2. The lowest BCUT2D eigenvalue weighted by atomic mass is 10.1. The summed E-state index contributed by atoms with van der Waals surface area (Å²) in [5.41, 5.74) is 1.66. The highest BCUT2D eigenvalue weighted by atomic mass is 16.5. The van der Waals surface area contributed by atoms with Gasteiger partial charge in [-0.25, -0.2) is 9.59 Å². The average Bonchev–Trinajstić information content (AvgIpc) is 2.74. The third kappa shape index (κ3) is 14.6. The Morgan fingerprint density at radius 1 is 0.733 bits per heavy atom. The van der Waals surface area contributed by atoms with Gasteiger partial charge in [0.15, 0.2) is 0 Å². The molecule has 4 nitrogen and oxygen atoms in total. The van der Waals surface area contributed by atoms with Crippen LogP contribution in [0.5, 0.6) is 0 Å². The fourth-order valence-electron chi connectivity index (χ4n) is 3.21. The minimum atomic E-state index is -0.977. The van der Waals surface area contributed by atoms with Gasteiger partial charge in [0.25, 0.3) is 0 Å². The molecule has 1 aromatic carbocycles. The molecule has 0 atom stereocenters. The van der Waals surface area contributed by atoms with Crippen molar-refractivity contribution in [3.8, 4) is 0 Å². The quantitative estimate of drug-likeness (QED) is 0.169. The number of aliphatic carboxylic acids is 1. The van der Waals surface area contributed by atoms with Crippen LogP contribution in [0.2, 0.25) is 0 Å². The van der Waals surface area contributed by atoms with Crippen LogP contribution in [0.3, 0.4) is 0 Å². The van der Waals surface area contributed by atoms with Gasteiger partial charge in [-0.1, -0.05) is 102 Å². The van der Waals surface area contributed by atoms with Crippen molar-refractivity contribution < 1.29 is 19.4 Å². The lowest BCUT2D eigenvalue weighted by Crippen LogP contribution is -2.02. The minimum Gasteiger partial charge on any atom is -0.478 e. The van der Waals surface area contributed by atoms with E-state index in [9.17, 15) is 9.59 Å². The van der Waals surface area contributed by atoms with E-state index in [0.717, 1.165) is 30.0 Å². The molecule has 0 unspecified atom stereocenters. The van der Waals surface area contributed by atoms with Crippen molar-refractivity contribution in [1.29, 1.82) is 0 Å². The summed E-state index contributed by atoms with van der Waals surface area (Å²) in [5.74, 6) is -1.30. The number of hydrogen-bond acceptors (Lipinski definition) is 3. The topological polar surface area (TPSA) is 63.6 Å². The number of rotatable bonds is 17. The summed E-state index contributed by atoms with van der Waals surface area (Å²) in [6.45, 7) is 2.73. The second-order valence-corrected chi connectivity index (χ2v) is 7.73. The van der Waals surface area contributed by atoms with Crippen LogP contribution in [0.4, 0.5) is 0 Å². The van der Waals surface area contributed by atoms with E-state index < -0.39 is 5.97 Å². The first-order valence-electron chi connectivity index (χ1n) is 11.5. The van der Waals surface area contributed by atoms with Crippen molar-refractivity contribution in [2.24, 2.45) is 0 Å². The molecule has 4 heteroatoms. The van der Waals surface area contributed by atoms with Gasteiger partial charge in [-0.05, 0) is 29.7 Å². The van der Waals surface area contributed by atoms with Gasteiger partial charge in [-0.15, -0.1) is 0 Å². The van der Waals surface area contributed by atoms with E-state index >= 15 is 0 Å². The normalized spacial score (nSPS) is 11.4. The average molecular weight is 415 g/mol. The number of carboxylic acid groups (broad SMARTS) is 1. The minimum absolute atomic E-state index is 0.326. The molecule has 0 saturated heterocycles. The van der Waals surface area contributed by atoms with Crippen LogP contribution in [-0.2, 0) is 14.3 Å². The fourth-order valence-corrected chi connectivity index (χ4v) is 3.21. The van der Waals surface area contributed by atoms with Crippen LogP contribution in [0.1, 0.15) is 95.1 Å². The number of carbonyl (C=O) groups excluding carboxylic acids is 1. The van der Waals surface area contributed by atoms with E-state index in [1.165, 1.54) is 76.4 Å². The van der Waals surface area contributed by atoms with E-state index in [4.69, 9.17) is 9.84 Å². The predicted molar refractivity (Wildman–Crippen MR) is 124 cm³/mol. The Morgan fingerprint density at radius 2 is 1.17 bits per heavy atom. The van der Waals surface area contributed by atoms with E-state index in [1.807, 2.05) is 12.1 Å². The summed E-state index contributed by atoms with van der Waals surface area (Å²) in [4.78, 5) is 22.3. The Kier molecular flexibility index (Phi) is 15.0. The summed E-state index contributed by atoms with van der Waals surface area (Å²) < 4.78 is 5.24. The van der Waals surface area contributed by atoms with Gasteiger partial charge in [-0.3, -0.25) is 0 Å². The van der Waals surface area contributed by atoms with Gasteiger partial charge in [0.2, 0.25) is 0 Å². The van der Waals surface area contributed by atoms with Gasteiger partial charge >= 0.3 is 11.9 Å². The molecule has 0 fully saturated rings. The van der Waals surface area contributed by atoms with Crippen molar-refractivity contribution in [3.05, 3.63) is 47.5 Å². The van der Waals surface area contributed by atoms with Crippen molar-refractivity contribution in [1.82, 2.24) is 0 Å². The van der Waals surface area contributed by atoms with Crippen molar-refractivity contribution in [2.75, 3.05) is 6.61 Å². The fraction of sp³-hybridized carbons (Fsp3) is 0.538. The zero-order valence-electron chi connectivity index (χ0n) is 18.5. The second kappa shape index (κ2) is 17.5. The van der Waals surface area contributed by atoms with Crippen molar-refractivity contribution in [2.45, 2.75) is 84.0 Å². The number of unbranched alkanes of at least 4 members (excludes halogenated alkanes) is 11. The molecule has 0 aromatic heterocycles. The van der Waals surface area contributed by atoms with Crippen molar-refractivity contribution in [3.63, 3.8) is 0 Å². The molecule has 0 aliphatic carbocycles. The molecule has 0 heterocycles. The molecule has 30 heavy (non-hydrogen) atoms. The van der Waals surface area contributed by atoms with Gasteiger partial charge < -0.3 is 9.84 Å². The molecular weight excluding hydrogens is 376 g/mol. The lowest BCUT2D eigenvalue weighted by molar-refractivity contribution is -0.137. The SMILES string of the molecule is CCCCCCCCCCCCCCOC(=O)/C=C/c1ccc(/C=C/C(=O)O)cc1. The highest BCUT2D eigenvalue weighted by molar-refractivity contribution is 5.87. The number of hydrogen-bond donors (Lipinski definition) is 1. The Balaban J connectivity index is 2.02. The molecule has 0 bridgehead atoms.